The van der Waals surface area contributed by atoms with Gasteiger partial charge in [0.05, 0.1) is 19.3 Å². The lowest BCUT2D eigenvalue weighted by molar-refractivity contribution is -0.147. The zero-order chi connectivity index (χ0) is 13.0. The smallest absolute Gasteiger partial charge is 0.324 e. The number of esters is 1. The standard InChI is InChI=1S/C13H24N2O3/c1-3-17-13(16)10(14-2)9-15-7-8-18-12-6-4-5-11(12)15/h10-12,14H,3-9H2,1-2H3. The molecular formula is C13H24N2O3. The van der Waals surface area contributed by atoms with Crippen LogP contribution in [-0.2, 0) is 14.3 Å². The minimum absolute atomic E-state index is 0.152. The summed E-state index contributed by atoms with van der Waals surface area (Å²) in [5.74, 6) is -0.152. The van der Waals surface area contributed by atoms with Gasteiger partial charge in [0.15, 0.2) is 0 Å². The number of hydrogen-bond donors (Lipinski definition) is 1. The second-order valence-electron chi connectivity index (χ2n) is 5.00. The van der Waals surface area contributed by atoms with E-state index in [1.165, 1.54) is 12.8 Å². The van der Waals surface area contributed by atoms with Crippen LogP contribution in [0, 0.1) is 0 Å². The van der Waals surface area contributed by atoms with Gasteiger partial charge < -0.3 is 14.8 Å². The molecule has 3 unspecified atom stereocenters. The van der Waals surface area contributed by atoms with Crippen LogP contribution in [0.25, 0.3) is 0 Å². The SMILES string of the molecule is CCOC(=O)C(CN1CCOC2CCCC21)NC. The number of rotatable bonds is 5. The zero-order valence-corrected chi connectivity index (χ0v) is 11.4. The Morgan fingerprint density at radius 3 is 3.11 bits per heavy atom. The summed E-state index contributed by atoms with van der Waals surface area (Å²) in [6.07, 6.45) is 3.95. The number of carbonyl (C=O) groups is 1. The molecule has 1 aliphatic heterocycles. The normalized spacial score (nSPS) is 29.9. The summed E-state index contributed by atoms with van der Waals surface area (Å²) in [5.41, 5.74) is 0. The minimum atomic E-state index is -0.232. The molecule has 1 N–H and O–H groups in total. The zero-order valence-electron chi connectivity index (χ0n) is 11.4. The minimum Gasteiger partial charge on any atom is -0.465 e. The Morgan fingerprint density at radius 2 is 2.39 bits per heavy atom. The highest BCUT2D eigenvalue weighted by Crippen LogP contribution is 2.29. The summed E-state index contributed by atoms with van der Waals surface area (Å²) >= 11 is 0. The van der Waals surface area contributed by atoms with Gasteiger partial charge in [0.2, 0.25) is 0 Å². The van der Waals surface area contributed by atoms with E-state index in [-0.39, 0.29) is 12.0 Å². The fraction of sp³-hybridized carbons (Fsp3) is 0.923. The third kappa shape index (κ3) is 3.02. The van der Waals surface area contributed by atoms with Crippen LogP contribution in [0.1, 0.15) is 26.2 Å². The molecule has 3 atom stereocenters. The molecule has 1 saturated carbocycles. The Kier molecular flexibility index (Phi) is 4.97. The molecule has 0 spiro atoms. The summed E-state index contributed by atoms with van der Waals surface area (Å²) in [5, 5.41) is 3.06. The van der Waals surface area contributed by atoms with Gasteiger partial charge in [0.25, 0.3) is 0 Å². The van der Waals surface area contributed by atoms with Crippen LogP contribution in [0.4, 0.5) is 0 Å². The molecule has 2 rings (SSSR count). The summed E-state index contributed by atoms with van der Waals surface area (Å²) in [7, 11) is 1.81. The topological polar surface area (TPSA) is 50.8 Å². The van der Waals surface area contributed by atoms with E-state index in [1.54, 1.807) is 0 Å². The number of morpholine rings is 1. The number of nitrogens with zero attached hydrogens (tertiary/aromatic N) is 1. The third-order valence-electron chi connectivity index (χ3n) is 3.93. The number of likely N-dealkylation sites (N-methyl/N-ethyl adjacent to an activating group) is 1. The summed E-state index contributed by atoms with van der Waals surface area (Å²) in [4.78, 5) is 14.2. The Hall–Kier alpha value is -0.650. The quantitative estimate of drug-likeness (QED) is 0.721. The lowest BCUT2D eigenvalue weighted by atomic mass is 10.1. The van der Waals surface area contributed by atoms with E-state index >= 15 is 0 Å². The van der Waals surface area contributed by atoms with Crippen molar-refractivity contribution >= 4 is 5.97 Å². The number of carbonyl (C=O) groups excluding carboxylic acids is 1. The Balaban J connectivity index is 1.91. The van der Waals surface area contributed by atoms with E-state index in [1.807, 2.05) is 14.0 Å². The molecule has 104 valence electrons. The molecule has 0 amide bonds. The monoisotopic (exact) mass is 256 g/mol. The van der Waals surface area contributed by atoms with Gasteiger partial charge in [-0.2, -0.15) is 0 Å². The first-order valence-electron chi connectivity index (χ1n) is 6.95. The molecule has 0 aromatic rings. The molecule has 0 aromatic carbocycles. The molecule has 5 nitrogen and oxygen atoms in total. The van der Waals surface area contributed by atoms with E-state index in [9.17, 15) is 4.79 Å². The van der Waals surface area contributed by atoms with E-state index in [0.717, 1.165) is 26.1 Å². The van der Waals surface area contributed by atoms with E-state index in [2.05, 4.69) is 10.2 Å². The molecule has 0 bridgehead atoms. The Bertz CT molecular complexity index is 285. The van der Waals surface area contributed by atoms with Gasteiger partial charge in [-0.3, -0.25) is 9.69 Å². The van der Waals surface area contributed by atoms with Crippen LogP contribution in [0.5, 0.6) is 0 Å². The van der Waals surface area contributed by atoms with Gasteiger partial charge in [-0.15, -0.1) is 0 Å². The fourth-order valence-electron chi connectivity index (χ4n) is 2.99. The van der Waals surface area contributed by atoms with E-state index in [4.69, 9.17) is 9.47 Å². The van der Waals surface area contributed by atoms with Crippen molar-refractivity contribution in [2.24, 2.45) is 0 Å². The molecule has 0 aromatic heterocycles. The van der Waals surface area contributed by atoms with Crippen molar-refractivity contribution in [3.8, 4) is 0 Å². The van der Waals surface area contributed by atoms with Crippen molar-refractivity contribution in [3.05, 3.63) is 0 Å². The average Bonchev–Trinajstić information content (AvgIpc) is 2.85. The van der Waals surface area contributed by atoms with Crippen LogP contribution in [0.3, 0.4) is 0 Å². The van der Waals surface area contributed by atoms with Crippen molar-refractivity contribution in [1.82, 2.24) is 10.2 Å². The van der Waals surface area contributed by atoms with E-state index < -0.39 is 0 Å². The summed E-state index contributed by atoms with van der Waals surface area (Å²) in [6, 6.07) is 0.258. The van der Waals surface area contributed by atoms with Crippen LogP contribution < -0.4 is 5.32 Å². The molecule has 1 heterocycles. The van der Waals surface area contributed by atoms with Crippen molar-refractivity contribution in [2.45, 2.75) is 44.4 Å². The first-order valence-corrected chi connectivity index (χ1v) is 6.95. The van der Waals surface area contributed by atoms with Gasteiger partial charge in [-0.05, 0) is 33.2 Å². The van der Waals surface area contributed by atoms with Crippen LogP contribution >= 0.6 is 0 Å². The summed E-state index contributed by atoms with van der Waals surface area (Å²) in [6.45, 7) is 4.69. The van der Waals surface area contributed by atoms with Crippen molar-refractivity contribution < 1.29 is 14.3 Å². The van der Waals surface area contributed by atoms with Crippen molar-refractivity contribution in [3.63, 3.8) is 0 Å². The number of nitrogens with one attached hydrogen (secondary N) is 1. The van der Waals surface area contributed by atoms with Gasteiger partial charge >= 0.3 is 5.97 Å². The average molecular weight is 256 g/mol. The molecule has 1 aliphatic carbocycles. The van der Waals surface area contributed by atoms with E-state index in [0.29, 0.717) is 18.8 Å². The number of fused-ring (bicyclic) bond motifs is 1. The lowest BCUT2D eigenvalue weighted by Crippen LogP contribution is -2.54. The molecule has 0 radical (unpaired) electrons. The number of ether oxygens (including phenoxy) is 2. The second-order valence-corrected chi connectivity index (χ2v) is 5.00. The molecule has 2 fully saturated rings. The van der Waals surface area contributed by atoms with Crippen molar-refractivity contribution in [2.75, 3.05) is 33.4 Å². The maximum atomic E-state index is 11.8. The second kappa shape index (κ2) is 6.50. The van der Waals surface area contributed by atoms with Gasteiger partial charge in [-0.1, -0.05) is 0 Å². The van der Waals surface area contributed by atoms with Gasteiger partial charge in [-0.25, -0.2) is 0 Å². The molecule has 18 heavy (non-hydrogen) atoms. The first kappa shape index (κ1) is 13.8. The molecular weight excluding hydrogens is 232 g/mol. The van der Waals surface area contributed by atoms with Crippen LogP contribution in [-0.4, -0.2) is 62.4 Å². The number of hydrogen-bond acceptors (Lipinski definition) is 5. The maximum Gasteiger partial charge on any atom is 0.324 e. The largest absolute Gasteiger partial charge is 0.465 e. The first-order chi connectivity index (χ1) is 8.76. The molecule has 1 saturated heterocycles. The lowest BCUT2D eigenvalue weighted by Gasteiger charge is -2.38. The molecule has 5 heteroatoms. The maximum absolute atomic E-state index is 11.8. The van der Waals surface area contributed by atoms with Crippen LogP contribution in [0.2, 0.25) is 0 Å². The van der Waals surface area contributed by atoms with Crippen LogP contribution in [0.15, 0.2) is 0 Å². The molecule has 2 aliphatic rings. The fourth-order valence-corrected chi connectivity index (χ4v) is 2.99. The highest BCUT2D eigenvalue weighted by atomic mass is 16.5. The third-order valence-corrected chi connectivity index (χ3v) is 3.93. The highest BCUT2D eigenvalue weighted by Gasteiger charge is 2.37. The van der Waals surface area contributed by atoms with Crippen molar-refractivity contribution in [1.29, 1.82) is 0 Å². The summed E-state index contributed by atoms with van der Waals surface area (Å²) < 4.78 is 10.9. The highest BCUT2D eigenvalue weighted by molar-refractivity contribution is 5.76. The van der Waals surface area contributed by atoms with Gasteiger partial charge in [0, 0.05) is 19.1 Å². The predicted octanol–water partition coefficient (Wildman–Crippen LogP) is 0.391. The Labute approximate surface area is 109 Å². The predicted molar refractivity (Wildman–Crippen MR) is 68.4 cm³/mol. The Morgan fingerprint density at radius 1 is 1.56 bits per heavy atom. The van der Waals surface area contributed by atoms with Gasteiger partial charge in [0.1, 0.15) is 6.04 Å².